The van der Waals surface area contributed by atoms with Gasteiger partial charge in [0.2, 0.25) is 0 Å². The number of likely N-dealkylation sites (tertiary alicyclic amines) is 1. The van der Waals surface area contributed by atoms with Crippen LogP contribution < -0.4 is 0 Å². The van der Waals surface area contributed by atoms with Gasteiger partial charge in [0.05, 0.1) is 24.9 Å². The molecule has 0 bridgehead atoms. The summed E-state index contributed by atoms with van der Waals surface area (Å²) < 4.78 is 19.3. The lowest BCUT2D eigenvalue weighted by atomic mass is 9.81. The number of rotatable bonds is 3. The van der Waals surface area contributed by atoms with Crippen LogP contribution in [-0.2, 0) is 4.74 Å². The molecular weight excluding hydrogens is 407 g/mol. The molecule has 4 atom stereocenters. The number of piperidine rings is 1. The Hall–Kier alpha value is -2.28. The summed E-state index contributed by atoms with van der Waals surface area (Å²) >= 11 is 0. The summed E-state index contributed by atoms with van der Waals surface area (Å²) in [5.41, 5.74) is 1.89. The quantitative estimate of drug-likeness (QED) is 0.798. The van der Waals surface area contributed by atoms with E-state index < -0.39 is 6.10 Å². The smallest absolute Gasteiger partial charge is 0.254 e. The molecule has 2 heterocycles. The van der Waals surface area contributed by atoms with Gasteiger partial charge in [0.15, 0.2) is 0 Å². The molecule has 32 heavy (non-hydrogen) atoms. The number of nitrogens with zero attached hydrogens (tertiary/aromatic N) is 2. The minimum atomic E-state index is -0.453. The Morgan fingerprint density at radius 1 is 0.938 bits per heavy atom. The molecule has 1 N–H and O–H groups in total. The molecule has 2 aromatic carbocycles. The molecule has 3 aliphatic rings. The highest BCUT2D eigenvalue weighted by Gasteiger charge is 2.45. The van der Waals surface area contributed by atoms with Crippen molar-refractivity contribution in [2.75, 3.05) is 26.2 Å². The number of amides is 1. The van der Waals surface area contributed by atoms with Crippen LogP contribution in [0.3, 0.4) is 0 Å². The maximum Gasteiger partial charge on any atom is 0.254 e. The minimum absolute atomic E-state index is 0.0261. The third kappa shape index (κ3) is 4.32. The van der Waals surface area contributed by atoms with Crippen LogP contribution in [0.5, 0.6) is 0 Å². The molecule has 3 fully saturated rings. The standard InChI is InChI=1S/C26H31FN2O3/c27-21-8-6-20(7-9-21)26(31)29-14-15-32-25-17-24(30)22(16-23(25)29)28-12-10-19(11-13-28)18-4-2-1-3-5-18/h1-9,19,22-25,30H,10-17H2/t22-,23?,24-,25?/m1/s1. The lowest BCUT2D eigenvalue weighted by molar-refractivity contribution is -0.124. The summed E-state index contributed by atoms with van der Waals surface area (Å²) in [6.45, 7) is 2.89. The number of hydrogen-bond acceptors (Lipinski definition) is 4. The molecule has 1 saturated carbocycles. The average Bonchev–Trinajstić information content (AvgIpc) is 2.84. The number of carbonyl (C=O) groups excluding carboxylic acids is 1. The van der Waals surface area contributed by atoms with Crippen molar-refractivity contribution in [1.82, 2.24) is 9.80 Å². The normalized spacial score (nSPS) is 29.5. The average molecular weight is 439 g/mol. The van der Waals surface area contributed by atoms with Crippen molar-refractivity contribution >= 4 is 5.91 Å². The van der Waals surface area contributed by atoms with Crippen LogP contribution in [0.15, 0.2) is 54.6 Å². The Morgan fingerprint density at radius 2 is 1.66 bits per heavy atom. The summed E-state index contributed by atoms with van der Waals surface area (Å²) in [5, 5.41) is 10.9. The zero-order valence-corrected chi connectivity index (χ0v) is 18.3. The van der Waals surface area contributed by atoms with Gasteiger partial charge in [0.1, 0.15) is 5.82 Å². The van der Waals surface area contributed by atoms with Gasteiger partial charge in [-0.15, -0.1) is 0 Å². The van der Waals surface area contributed by atoms with Gasteiger partial charge >= 0.3 is 0 Å². The maximum atomic E-state index is 13.3. The van der Waals surface area contributed by atoms with Crippen LogP contribution in [0.2, 0.25) is 0 Å². The van der Waals surface area contributed by atoms with E-state index in [0.29, 0.717) is 37.5 Å². The summed E-state index contributed by atoms with van der Waals surface area (Å²) in [4.78, 5) is 17.5. The zero-order chi connectivity index (χ0) is 22.1. The fraction of sp³-hybridized carbons (Fsp3) is 0.500. The Balaban J connectivity index is 1.27. The van der Waals surface area contributed by atoms with E-state index in [4.69, 9.17) is 4.74 Å². The van der Waals surface area contributed by atoms with E-state index in [-0.39, 0.29) is 29.9 Å². The highest BCUT2D eigenvalue weighted by atomic mass is 19.1. The number of benzene rings is 2. The van der Waals surface area contributed by atoms with Crippen LogP contribution in [0.1, 0.15) is 47.5 Å². The van der Waals surface area contributed by atoms with Gasteiger partial charge < -0.3 is 14.7 Å². The summed E-state index contributed by atoms with van der Waals surface area (Å²) in [7, 11) is 0. The Labute approximate surface area is 188 Å². The number of ether oxygens (including phenoxy) is 1. The van der Waals surface area contributed by atoms with Crippen molar-refractivity contribution in [3.63, 3.8) is 0 Å². The first-order valence-corrected chi connectivity index (χ1v) is 11.8. The molecule has 2 aromatic rings. The molecule has 0 radical (unpaired) electrons. The summed E-state index contributed by atoms with van der Waals surface area (Å²) in [6, 6.07) is 16.4. The number of carbonyl (C=O) groups is 1. The van der Waals surface area contributed by atoms with Gasteiger partial charge in [-0.25, -0.2) is 4.39 Å². The largest absolute Gasteiger partial charge is 0.391 e. The topological polar surface area (TPSA) is 53.0 Å². The first kappa shape index (κ1) is 21.6. The summed E-state index contributed by atoms with van der Waals surface area (Å²) in [6.07, 6.45) is 2.80. The van der Waals surface area contributed by atoms with Crippen molar-refractivity contribution in [1.29, 1.82) is 0 Å². The Kier molecular flexibility index (Phi) is 6.26. The van der Waals surface area contributed by atoms with E-state index >= 15 is 0 Å². The van der Waals surface area contributed by atoms with Crippen molar-refractivity contribution in [3.05, 3.63) is 71.5 Å². The minimum Gasteiger partial charge on any atom is -0.391 e. The molecule has 1 amide bonds. The molecule has 5 rings (SSSR count). The van der Waals surface area contributed by atoms with Gasteiger partial charge in [-0.1, -0.05) is 30.3 Å². The first-order valence-electron chi connectivity index (χ1n) is 11.8. The highest BCUT2D eigenvalue weighted by Crippen LogP contribution is 2.36. The highest BCUT2D eigenvalue weighted by molar-refractivity contribution is 5.94. The number of halogens is 1. The maximum absolute atomic E-state index is 13.3. The molecule has 2 unspecified atom stereocenters. The van der Waals surface area contributed by atoms with Crippen molar-refractivity contribution in [2.45, 2.75) is 55.9 Å². The van der Waals surface area contributed by atoms with E-state index in [0.717, 1.165) is 25.9 Å². The first-order chi connectivity index (χ1) is 15.6. The predicted molar refractivity (Wildman–Crippen MR) is 120 cm³/mol. The molecule has 2 saturated heterocycles. The fourth-order valence-corrected chi connectivity index (χ4v) is 5.78. The number of fused-ring (bicyclic) bond motifs is 1. The third-order valence-electron chi connectivity index (χ3n) is 7.52. The van der Waals surface area contributed by atoms with Crippen molar-refractivity contribution < 1.29 is 19.0 Å². The number of aliphatic hydroxyl groups excluding tert-OH is 1. The molecule has 0 spiro atoms. The molecule has 6 heteroatoms. The molecular formula is C26H31FN2O3. The number of hydrogen-bond donors (Lipinski definition) is 1. The van der Waals surface area contributed by atoms with E-state index in [2.05, 4.69) is 35.2 Å². The van der Waals surface area contributed by atoms with Crippen LogP contribution in [0.25, 0.3) is 0 Å². The van der Waals surface area contributed by atoms with Crippen LogP contribution in [0, 0.1) is 5.82 Å². The van der Waals surface area contributed by atoms with Crippen LogP contribution >= 0.6 is 0 Å². The van der Waals surface area contributed by atoms with Crippen molar-refractivity contribution in [3.8, 4) is 0 Å². The van der Waals surface area contributed by atoms with Crippen molar-refractivity contribution in [2.24, 2.45) is 0 Å². The molecule has 170 valence electrons. The van der Waals surface area contributed by atoms with Crippen LogP contribution in [0.4, 0.5) is 4.39 Å². The van der Waals surface area contributed by atoms with E-state index in [1.165, 1.54) is 17.7 Å². The number of aliphatic hydroxyl groups is 1. The fourth-order valence-electron chi connectivity index (χ4n) is 5.78. The predicted octanol–water partition coefficient (Wildman–Crippen LogP) is 3.44. The Bertz CT molecular complexity index is 914. The SMILES string of the molecule is O=C(c1ccc(F)cc1)N1CCOC2C[C@@H](O)[C@H](N3CCC(c4ccccc4)CC3)CC21. The van der Waals surface area contributed by atoms with Gasteiger partial charge in [-0.05, 0) is 68.1 Å². The van der Waals surface area contributed by atoms with E-state index in [9.17, 15) is 14.3 Å². The summed E-state index contributed by atoms with van der Waals surface area (Å²) in [5.74, 6) is 0.137. The molecule has 1 aliphatic carbocycles. The van der Waals surface area contributed by atoms with E-state index in [1.54, 1.807) is 12.1 Å². The van der Waals surface area contributed by atoms with Gasteiger partial charge in [-0.3, -0.25) is 9.69 Å². The second-order valence-electron chi connectivity index (χ2n) is 9.31. The lowest BCUT2D eigenvalue weighted by Crippen LogP contribution is -2.62. The number of morpholine rings is 1. The molecule has 5 nitrogen and oxygen atoms in total. The molecule has 2 aliphatic heterocycles. The second kappa shape index (κ2) is 9.30. The Morgan fingerprint density at radius 3 is 2.38 bits per heavy atom. The van der Waals surface area contributed by atoms with Crippen LogP contribution in [-0.4, -0.2) is 71.3 Å². The van der Waals surface area contributed by atoms with Gasteiger partial charge in [0, 0.05) is 24.6 Å². The second-order valence-corrected chi connectivity index (χ2v) is 9.31. The zero-order valence-electron chi connectivity index (χ0n) is 18.3. The van der Waals surface area contributed by atoms with Gasteiger partial charge in [0.25, 0.3) is 5.91 Å². The molecule has 0 aromatic heterocycles. The van der Waals surface area contributed by atoms with Gasteiger partial charge in [-0.2, -0.15) is 0 Å². The lowest BCUT2D eigenvalue weighted by Gasteiger charge is -2.50. The third-order valence-corrected chi connectivity index (χ3v) is 7.52. The van der Waals surface area contributed by atoms with E-state index in [1.807, 2.05) is 4.90 Å². The monoisotopic (exact) mass is 438 g/mol.